The van der Waals surface area contributed by atoms with E-state index in [-0.39, 0.29) is 10.9 Å². The predicted octanol–water partition coefficient (Wildman–Crippen LogP) is 1.27. The van der Waals surface area contributed by atoms with Crippen LogP contribution in [0.1, 0.15) is 25.7 Å². The molecule has 17 heavy (non-hydrogen) atoms. The molecule has 1 fully saturated rings. The lowest BCUT2D eigenvalue weighted by Crippen LogP contribution is -2.44. The molecule has 0 saturated heterocycles. The van der Waals surface area contributed by atoms with Gasteiger partial charge in [0.1, 0.15) is 0 Å². The van der Waals surface area contributed by atoms with Gasteiger partial charge in [-0.05, 0) is 25.0 Å². The van der Waals surface area contributed by atoms with Gasteiger partial charge in [-0.2, -0.15) is 0 Å². The molecular formula is C12H17NO3S. The van der Waals surface area contributed by atoms with Crippen LogP contribution in [0.5, 0.6) is 0 Å². The van der Waals surface area contributed by atoms with Crippen LogP contribution in [0.4, 0.5) is 0 Å². The van der Waals surface area contributed by atoms with Crippen molar-refractivity contribution in [2.45, 2.75) is 42.7 Å². The molecule has 0 aromatic heterocycles. The molecule has 94 valence electrons. The fourth-order valence-corrected chi connectivity index (χ4v) is 3.44. The maximum Gasteiger partial charge on any atom is 0.240 e. The van der Waals surface area contributed by atoms with Crippen LogP contribution in [0.3, 0.4) is 0 Å². The largest absolute Gasteiger partial charge is 0.391 e. The fourth-order valence-electron chi connectivity index (χ4n) is 2.12. The summed E-state index contributed by atoms with van der Waals surface area (Å²) in [5, 5.41) is 9.75. The highest BCUT2D eigenvalue weighted by molar-refractivity contribution is 7.89. The summed E-state index contributed by atoms with van der Waals surface area (Å²) in [5.74, 6) is 0. The van der Waals surface area contributed by atoms with Gasteiger partial charge >= 0.3 is 0 Å². The third-order valence-corrected chi connectivity index (χ3v) is 4.60. The van der Waals surface area contributed by atoms with Gasteiger partial charge in [0.15, 0.2) is 0 Å². The van der Waals surface area contributed by atoms with Crippen LogP contribution in [0.25, 0.3) is 0 Å². The minimum atomic E-state index is -3.50. The van der Waals surface area contributed by atoms with Crippen LogP contribution >= 0.6 is 0 Å². The first-order valence-corrected chi connectivity index (χ1v) is 7.33. The minimum Gasteiger partial charge on any atom is -0.391 e. The van der Waals surface area contributed by atoms with Crippen LogP contribution in [0, 0.1) is 0 Å². The Morgan fingerprint density at radius 3 is 2.41 bits per heavy atom. The second-order valence-corrected chi connectivity index (χ2v) is 6.11. The van der Waals surface area contributed by atoms with Crippen LogP contribution in [0.15, 0.2) is 35.2 Å². The Labute approximate surface area is 102 Å². The van der Waals surface area contributed by atoms with E-state index in [1.165, 1.54) is 0 Å². The molecule has 1 aromatic carbocycles. The molecule has 0 amide bonds. The minimum absolute atomic E-state index is 0.248. The second kappa shape index (κ2) is 5.16. The van der Waals surface area contributed by atoms with Gasteiger partial charge < -0.3 is 5.11 Å². The number of nitrogens with one attached hydrogen (secondary N) is 1. The van der Waals surface area contributed by atoms with E-state index in [1.54, 1.807) is 30.3 Å². The molecule has 1 aliphatic carbocycles. The van der Waals surface area contributed by atoms with Crippen molar-refractivity contribution in [1.29, 1.82) is 0 Å². The summed E-state index contributed by atoms with van der Waals surface area (Å²) in [6.45, 7) is 0. The van der Waals surface area contributed by atoms with E-state index in [9.17, 15) is 13.5 Å². The summed E-state index contributed by atoms with van der Waals surface area (Å²) >= 11 is 0. The molecule has 0 unspecified atom stereocenters. The molecule has 4 nitrogen and oxygen atoms in total. The van der Waals surface area contributed by atoms with E-state index in [0.717, 1.165) is 12.8 Å². The van der Waals surface area contributed by atoms with Gasteiger partial charge in [-0.25, -0.2) is 13.1 Å². The molecule has 5 heteroatoms. The average Bonchev–Trinajstić information content (AvgIpc) is 2.33. The van der Waals surface area contributed by atoms with Gasteiger partial charge in [0.2, 0.25) is 10.0 Å². The Kier molecular flexibility index (Phi) is 3.81. The zero-order valence-electron chi connectivity index (χ0n) is 9.54. The molecule has 0 spiro atoms. The third-order valence-electron chi connectivity index (χ3n) is 3.09. The highest BCUT2D eigenvalue weighted by Crippen LogP contribution is 2.20. The second-order valence-electron chi connectivity index (χ2n) is 4.39. The molecule has 0 bridgehead atoms. The summed E-state index contributed by atoms with van der Waals surface area (Å²) in [6, 6.07) is 7.90. The van der Waals surface area contributed by atoms with Crippen LogP contribution in [-0.2, 0) is 10.0 Å². The van der Waals surface area contributed by atoms with Crippen molar-refractivity contribution in [3.63, 3.8) is 0 Å². The lowest BCUT2D eigenvalue weighted by atomic mass is 9.93. The van der Waals surface area contributed by atoms with Crippen LogP contribution in [0.2, 0.25) is 0 Å². The molecule has 0 heterocycles. The van der Waals surface area contributed by atoms with E-state index in [1.807, 2.05) is 0 Å². The van der Waals surface area contributed by atoms with Crippen molar-refractivity contribution in [3.8, 4) is 0 Å². The first-order valence-electron chi connectivity index (χ1n) is 5.85. The zero-order chi connectivity index (χ0) is 12.3. The molecule has 1 aliphatic rings. The van der Waals surface area contributed by atoms with Crippen molar-refractivity contribution in [3.05, 3.63) is 30.3 Å². The van der Waals surface area contributed by atoms with E-state index < -0.39 is 16.1 Å². The van der Waals surface area contributed by atoms with E-state index in [2.05, 4.69) is 4.72 Å². The Morgan fingerprint density at radius 2 is 1.76 bits per heavy atom. The smallest absolute Gasteiger partial charge is 0.240 e. The van der Waals surface area contributed by atoms with E-state index in [0.29, 0.717) is 12.8 Å². The topological polar surface area (TPSA) is 66.4 Å². The van der Waals surface area contributed by atoms with Gasteiger partial charge in [0.05, 0.1) is 11.0 Å². The number of sulfonamides is 1. The number of rotatable bonds is 3. The van der Waals surface area contributed by atoms with Crippen molar-refractivity contribution >= 4 is 10.0 Å². The van der Waals surface area contributed by atoms with Gasteiger partial charge in [0.25, 0.3) is 0 Å². The predicted molar refractivity (Wildman–Crippen MR) is 65.0 cm³/mol. The van der Waals surface area contributed by atoms with Gasteiger partial charge in [-0.3, -0.25) is 0 Å². The van der Waals surface area contributed by atoms with Gasteiger partial charge in [-0.15, -0.1) is 0 Å². The van der Waals surface area contributed by atoms with Gasteiger partial charge in [0, 0.05) is 6.04 Å². The number of hydrogen-bond acceptors (Lipinski definition) is 3. The summed E-state index contributed by atoms with van der Waals surface area (Å²) in [6.07, 6.45) is 2.72. The lowest BCUT2D eigenvalue weighted by molar-refractivity contribution is 0.101. The average molecular weight is 255 g/mol. The van der Waals surface area contributed by atoms with E-state index >= 15 is 0 Å². The maximum atomic E-state index is 12.0. The Balaban J connectivity index is 2.12. The normalized spacial score (nSPS) is 25.7. The lowest BCUT2D eigenvalue weighted by Gasteiger charge is -2.28. The number of aliphatic hydroxyl groups is 1. The molecule has 1 saturated carbocycles. The van der Waals surface area contributed by atoms with Crippen molar-refractivity contribution < 1.29 is 13.5 Å². The Bertz CT molecular complexity index is 458. The molecule has 2 N–H and O–H groups in total. The summed E-state index contributed by atoms with van der Waals surface area (Å²) in [5.41, 5.74) is 0. The molecule has 0 aliphatic heterocycles. The van der Waals surface area contributed by atoms with Crippen molar-refractivity contribution in [2.75, 3.05) is 0 Å². The molecule has 2 atom stereocenters. The summed E-state index contributed by atoms with van der Waals surface area (Å²) in [4.78, 5) is 0.248. The van der Waals surface area contributed by atoms with Gasteiger partial charge in [-0.1, -0.05) is 31.0 Å². The van der Waals surface area contributed by atoms with Crippen LogP contribution in [-0.4, -0.2) is 25.7 Å². The third kappa shape index (κ3) is 3.06. The highest BCUT2D eigenvalue weighted by atomic mass is 32.2. The van der Waals surface area contributed by atoms with Crippen molar-refractivity contribution in [2.24, 2.45) is 0 Å². The van der Waals surface area contributed by atoms with Crippen molar-refractivity contribution in [1.82, 2.24) is 4.72 Å². The Morgan fingerprint density at radius 1 is 1.12 bits per heavy atom. The molecule has 2 rings (SSSR count). The van der Waals surface area contributed by atoms with E-state index in [4.69, 9.17) is 0 Å². The maximum absolute atomic E-state index is 12.0. The molecule has 0 radical (unpaired) electrons. The fraction of sp³-hybridized carbons (Fsp3) is 0.500. The van der Waals surface area contributed by atoms with Crippen LogP contribution < -0.4 is 4.72 Å². The zero-order valence-corrected chi connectivity index (χ0v) is 10.4. The SMILES string of the molecule is O=S(=O)(N[C@H]1CCCC[C@@H]1O)c1ccccc1. The molecule has 1 aromatic rings. The quantitative estimate of drug-likeness (QED) is 0.854. The first kappa shape index (κ1) is 12.5. The summed E-state index contributed by atoms with van der Waals surface area (Å²) < 4.78 is 26.6. The summed E-state index contributed by atoms with van der Waals surface area (Å²) in [7, 11) is -3.50. The first-order chi connectivity index (χ1) is 8.09. The number of aliphatic hydroxyl groups excluding tert-OH is 1. The number of benzene rings is 1. The number of hydrogen-bond donors (Lipinski definition) is 2. The Hall–Kier alpha value is -0.910. The highest BCUT2D eigenvalue weighted by Gasteiger charge is 2.27. The molecular weight excluding hydrogens is 238 g/mol. The standard InChI is InChI=1S/C12H17NO3S/c14-12-9-5-4-8-11(12)13-17(15,16)10-6-2-1-3-7-10/h1-3,6-7,11-14H,4-5,8-9H2/t11-,12-/m0/s1. The monoisotopic (exact) mass is 255 g/mol.